The monoisotopic (exact) mass is 325 g/mol. The Hall–Kier alpha value is -1.37. The van der Waals surface area contributed by atoms with Crippen molar-refractivity contribution in [3.8, 4) is 0 Å². The molecule has 0 aliphatic heterocycles. The van der Waals surface area contributed by atoms with Crippen LogP contribution >= 0.6 is 11.3 Å². The Kier molecular flexibility index (Phi) is 5.03. The van der Waals surface area contributed by atoms with Crippen LogP contribution in [-0.2, 0) is 21.4 Å². The highest BCUT2D eigenvalue weighted by Gasteiger charge is 2.20. The van der Waals surface area contributed by atoms with Gasteiger partial charge in [0.2, 0.25) is 0 Å². The maximum absolute atomic E-state index is 12.5. The summed E-state index contributed by atoms with van der Waals surface area (Å²) in [6.07, 6.45) is 0. The Morgan fingerprint density at radius 3 is 2.57 bits per heavy atom. The molecule has 0 atom stereocenters. The third-order valence-corrected chi connectivity index (χ3v) is 5.60. The number of thiophene rings is 1. The summed E-state index contributed by atoms with van der Waals surface area (Å²) in [5.74, 6) is 0. The molecule has 1 aromatic heterocycles. The van der Waals surface area contributed by atoms with E-state index in [1.807, 2.05) is 32.9 Å². The van der Waals surface area contributed by atoms with Gasteiger partial charge in [-0.2, -0.15) is 0 Å². The minimum atomic E-state index is -3.57. The second-order valence-corrected chi connectivity index (χ2v) is 7.79. The van der Waals surface area contributed by atoms with E-state index < -0.39 is 10.0 Å². The van der Waals surface area contributed by atoms with Gasteiger partial charge in [0, 0.05) is 21.9 Å². The predicted octanol–water partition coefficient (Wildman–Crippen LogP) is 3.70. The second kappa shape index (κ2) is 6.60. The van der Waals surface area contributed by atoms with Gasteiger partial charge in [0.15, 0.2) is 0 Å². The van der Waals surface area contributed by atoms with Gasteiger partial charge in [-0.15, -0.1) is 11.3 Å². The highest BCUT2D eigenvalue weighted by molar-refractivity contribution is 7.93. The van der Waals surface area contributed by atoms with Gasteiger partial charge in [0.1, 0.15) is 4.90 Å². The fourth-order valence-corrected chi connectivity index (χ4v) is 4.69. The van der Waals surface area contributed by atoms with Gasteiger partial charge in [0.05, 0.1) is 12.3 Å². The fourth-order valence-electron chi connectivity index (χ4n) is 2.03. The lowest BCUT2D eigenvalue weighted by atomic mass is 10.2. The lowest BCUT2D eigenvalue weighted by molar-refractivity contribution is 0.134. The first-order valence-corrected chi connectivity index (χ1v) is 8.99. The molecular formula is C15H19NO3S2. The maximum Gasteiger partial charge on any atom is 0.263 e. The number of rotatable bonds is 6. The Labute approximate surface area is 129 Å². The molecule has 0 unspecified atom stereocenters. The van der Waals surface area contributed by atoms with Gasteiger partial charge in [-0.25, -0.2) is 8.42 Å². The first-order chi connectivity index (χ1) is 9.94. The normalized spacial score (nSPS) is 11.6. The van der Waals surface area contributed by atoms with Crippen LogP contribution in [0.1, 0.15) is 22.2 Å². The van der Waals surface area contributed by atoms with Crippen LogP contribution in [0.4, 0.5) is 5.69 Å². The summed E-state index contributed by atoms with van der Waals surface area (Å²) in [7, 11) is -3.57. The van der Waals surface area contributed by atoms with E-state index in [1.165, 1.54) is 11.3 Å². The quantitative estimate of drug-likeness (QED) is 0.881. The van der Waals surface area contributed by atoms with E-state index in [0.717, 1.165) is 15.3 Å². The topological polar surface area (TPSA) is 55.4 Å². The summed E-state index contributed by atoms with van der Waals surface area (Å²) in [6, 6.07) is 8.98. The van der Waals surface area contributed by atoms with Crippen LogP contribution in [0.15, 0.2) is 35.2 Å². The van der Waals surface area contributed by atoms with Gasteiger partial charge in [-0.1, -0.05) is 18.2 Å². The molecule has 1 heterocycles. The van der Waals surface area contributed by atoms with Crippen molar-refractivity contribution in [3.63, 3.8) is 0 Å². The van der Waals surface area contributed by atoms with Crippen LogP contribution in [0.25, 0.3) is 0 Å². The summed E-state index contributed by atoms with van der Waals surface area (Å²) < 4.78 is 33.1. The lowest BCUT2D eigenvalue weighted by Gasteiger charge is -2.12. The average Bonchev–Trinajstić information content (AvgIpc) is 2.77. The molecule has 0 bridgehead atoms. The molecule has 0 amide bonds. The van der Waals surface area contributed by atoms with E-state index in [2.05, 4.69) is 4.72 Å². The fraction of sp³-hybridized carbons (Fsp3) is 0.333. The summed E-state index contributed by atoms with van der Waals surface area (Å²) in [6.45, 7) is 6.60. The van der Waals surface area contributed by atoms with E-state index in [4.69, 9.17) is 4.74 Å². The molecule has 0 spiro atoms. The maximum atomic E-state index is 12.5. The Balaban J connectivity index is 2.31. The predicted molar refractivity (Wildman–Crippen MR) is 86.4 cm³/mol. The molecule has 114 valence electrons. The number of benzene rings is 1. The molecule has 0 fully saturated rings. The smallest absolute Gasteiger partial charge is 0.263 e. The molecule has 1 N–H and O–H groups in total. The van der Waals surface area contributed by atoms with Crippen molar-refractivity contribution < 1.29 is 13.2 Å². The van der Waals surface area contributed by atoms with Crippen LogP contribution in [-0.4, -0.2) is 15.0 Å². The van der Waals surface area contributed by atoms with E-state index in [0.29, 0.717) is 23.8 Å². The Morgan fingerprint density at radius 1 is 1.24 bits per heavy atom. The number of sulfonamides is 1. The molecule has 0 aliphatic rings. The van der Waals surface area contributed by atoms with Crippen molar-refractivity contribution in [1.82, 2.24) is 0 Å². The van der Waals surface area contributed by atoms with Crippen molar-refractivity contribution >= 4 is 27.0 Å². The standard InChI is InChI=1S/C15H19NO3S2/c1-4-19-10-13-7-5-6-8-14(13)16-21(17,18)15-9-11(2)20-12(15)3/h5-9,16H,4,10H2,1-3H3. The Bertz CT molecular complexity index is 720. The molecule has 21 heavy (non-hydrogen) atoms. The zero-order valence-electron chi connectivity index (χ0n) is 12.3. The van der Waals surface area contributed by atoms with E-state index in [9.17, 15) is 8.42 Å². The third-order valence-electron chi connectivity index (χ3n) is 3.01. The molecular weight excluding hydrogens is 306 g/mol. The van der Waals surface area contributed by atoms with Gasteiger partial charge >= 0.3 is 0 Å². The highest BCUT2D eigenvalue weighted by Crippen LogP contribution is 2.27. The van der Waals surface area contributed by atoms with Crippen LogP contribution in [0.5, 0.6) is 0 Å². The zero-order valence-corrected chi connectivity index (χ0v) is 14.0. The first-order valence-electron chi connectivity index (χ1n) is 6.69. The number of para-hydroxylation sites is 1. The minimum absolute atomic E-state index is 0.344. The molecule has 0 saturated carbocycles. The van der Waals surface area contributed by atoms with Crippen molar-refractivity contribution in [2.45, 2.75) is 32.3 Å². The molecule has 2 rings (SSSR count). The van der Waals surface area contributed by atoms with Crippen molar-refractivity contribution in [1.29, 1.82) is 0 Å². The zero-order chi connectivity index (χ0) is 15.5. The van der Waals surface area contributed by atoms with Crippen molar-refractivity contribution in [2.75, 3.05) is 11.3 Å². The number of nitrogens with one attached hydrogen (secondary N) is 1. The van der Waals surface area contributed by atoms with E-state index >= 15 is 0 Å². The SMILES string of the molecule is CCOCc1ccccc1NS(=O)(=O)c1cc(C)sc1C. The largest absolute Gasteiger partial charge is 0.377 e. The van der Waals surface area contributed by atoms with Gasteiger partial charge in [0.25, 0.3) is 10.0 Å². The molecule has 2 aromatic rings. The average molecular weight is 325 g/mol. The Morgan fingerprint density at radius 2 is 1.95 bits per heavy atom. The number of ether oxygens (including phenoxy) is 1. The molecule has 0 aliphatic carbocycles. The molecule has 4 nitrogen and oxygen atoms in total. The van der Waals surface area contributed by atoms with E-state index in [-0.39, 0.29) is 0 Å². The van der Waals surface area contributed by atoms with Crippen LogP contribution in [0, 0.1) is 13.8 Å². The molecule has 1 aromatic carbocycles. The van der Waals surface area contributed by atoms with E-state index in [1.54, 1.807) is 18.2 Å². The highest BCUT2D eigenvalue weighted by atomic mass is 32.2. The van der Waals surface area contributed by atoms with Crippen LogP contribution < -0.4 is 4.72 Å². The van der Waals surface area contributed by atoms with Crippen molar-refractivity contribution in [2.24, 2.45) is 0 Å². The third kappa shape index (κ3) is 3.84. The molecule has 0 saturated heterocycles. The summed E-state index contributed by atoms with van der Waals surface area (Å²) in [5, 5.41) is 0. The lowest BCUT2D eigenvalue weighted by Crippen LogP contribution is -2.14. The minimum Gasteiger partial charge on any atom is -0.377 e. The van der Waals surface area contributed by atoms with Gasteiger partial charge in [-0.05, 0) is 32.9 Å². The van der Waals surface area contributed by atoms with Crippen LogP contribution in [0.2, 0.25) is 0 Å². The summed E-state index contributed by atoms with van der Waals surface area (Å²) in [5.41, 5.74) is 1.39. The van der Waals surface area contributed by atoms with Crippen LogP contribution in [0.3, 0.4) is 0 Å². The second-order valence-electron chi connectivity index (χ2n) is 4.68. The molecule has 6 heteroatoms. The first kappa shape index (κ1) is 16.0. The molecule has 0 radical (unpaired) electrons. The number of hydrogen-bond donors (Lipinski definition) is 1. The van der Waals surface area contributed by atoms with Gasteiger partial charge in [-0.3, -0.25) is 4.72 Å². The number of anilines is 1. The summed E-state index contributed by atoms with van der Waals surface area (Å²) in [4.78, 5) is 2.12. The number of hydrogen-bond acceptors (Lipinski definition) is 4. The number of aryl methyl sites for hydroxylation is 2. The summed E-state index contributed by atoms with van der Waals surface area (Å²) >= 11 is 1.48. The van der Waals surface area contributed by atoms with Gasteiger partial charge < -0.3 is 4.74 Å². The van der Waals surface area contributed by atoms with Crippen molar-refractivity contribution in [3.05, 3.63) is 45.6 Å².